The van der Waals surface area contributed by atoms with Gasteiger partial charge in [0.05, 0.1) is 13.0 Å². The van der Waals surface area contributed by atoms with E-state index in [1.165, 1.54) is 5.56 Å². The number of carbonyl (C=O) groups is 1. The Balaban J connectivity index is 1.22. The number of piperidine rings is 1. The number of esters is 1. The molecule has 214 valence electrons. The fraction of sp³-hybridized carbons (Fsp3) is 0.344. The van der Waals surface area contributed by atoms with Crippen LogP contribution in [-0.4, -0.2) is 59.9 Å². The van der Waals surface area contributed by atoms with Crippen LogP contribution < -0.4 is 15.3 Å². The molecule has 0 unspecified atom stereocenters. The number of ether oxygens (including phenoxy) is 2. The number of likely N-dealkylation sites (tertiary alicyclic amines) is 1. The van der Waals surface area contributed by atoms with Crippen molar-refractivity contribution in [3.63, 3.8) is 0 Å². The minimum atomic E-state index is -0.223. The first-order valence-electron chi connectivity index (χ1n) is 14.2. The topological polar surface area (TPSA) is 113 Å². The number of oxime groups is 1. The fourth-order valence-electron chi connectivity index (χ4n) is 5.21. The third kappa shape index (κ3) is 7.36. The van der Waals surface area contributed by atoms with Crippen LogP contribution in [0.25, 0.3) is 0 Å². The van der Waals surface area contributed by atoms with Crippen molar-refractivity contribution in [3.8, 4) is 11.5 Å². The minimum absolute atomic E-state index is 0.0877. The first kappa shape index (κ1) is 28.0. The van der Waals surface area contributed by atoms with E-state index in [0.29, 0.717) is 18.9 Å². The number of hydrogen-bond acceptors (Lipinski definition) is 6. The van der Waals surface area contributed by atoms with E-state index in [1.807, 2.05) is 78.6 Å². The second-order valence-corrected chi connectivity index (χ2v) is 10.3. The molecule has 0 bridgehead atoms. The minimum Gasteiger partial charge on any atom is -0.490 e. The van der Waals surface area contributed by atoms with E-state index in [0.717, 1.165) is 67.2 Å². The van der Waals surface area contributed by atoms with Gasteiger partial charge >= 0.3 is 5.97 Å². The highest BCUT2D eigenvalue weighted by molar-refractivity contribution is 5.98. The predicted octanol–water partition coefficient (Wildman–Crippen LogP) is 4.33. The molecule has 3 N–H and O–H groups in total. The van der Waals surface area contributed by atoms with Crippen LogP contribution in [0.2, 0.25) is 0 Å². The number of carbonyl (C=O) groups excluding carboxylic acids is 1. The monoisotopic (exact) mass is 555 g/mol. The lowest BCUT2D eigenvalue weighted by atomic mass is 10.00. The molecular formula is C32H37N5O4. The fourth-order valence-corrected chi connectivity index (χ4v) is 5.21. The maximum absolute atomic E-state index is 11.7. The summed E-state index contributed by atoms with van der Waals surface area (Å²) >= 11 is 0. The average molecular weight is 556 g/mol. The Labute approximate surface area is 241 Å². The number of nitrogens with zero attached hydrogens (tertiary/aromatic N) is 3. The summed E-state index contributed by atoms with van der Waals surface area (Å²) in [5.74, 6) is 2.11. The van der Waals surface area contributed by atoms with E-state index < -0.39 is 0 Å². The Kier molecular flexibility index (Phi) is 9.03. The molecule has 0 spiro atoms. The van der Waals surface area contributed by atoms with Crippen LogP contribution >= 0.6 is 0 Å². The SMILES string of the molecule is CCOC(=O)Cc1ccc(OC2CCN(C(=NOc3ccc4c(c3)CN(C(=N)N)CC4)c3ccccc3)CC2)cc1. The van der Waals surface area contributed by atoms with Crippen LogP contribution in [0.15, 0.2) is 78.0 Å². The maximum Gasteiger partial charge on any atom is 0.310 e. The predicted molar refractivity (Wildman–Crippen MR) is 158 cm³/mol. The van der Waals surface area contributed by atoms with E-state index in [9.17, 15) is 4.79 Å². The number of nitrogens with one attached hydrogen (secondary N) is 1. The van der Waals surface area contributed by atoms with Gasteiger partial charge in [-0.3, -0.25) is 10.2 Å². The normalized spacial score (nSPS) is 15.7. The second kappa shape index (κ2) is 13.2. The van der Waals surface area contributed by atoms with Gasteiger partial charge in [0.25, 0.3) is 0 Å². The summed E-state index contributed by atoms with van der Waals surface area (Å²) in [4.78, 5) is 21.8. The van der Waals surface area contributed by atoms with Crippen molar-refractivity contribution in [2.24, 2.45) is 10.9 Å². The number of guanidine groups is 1. The second-order valence-electron chi connectivity index (χ2n) is 10.3. The molecule has 1 fully saturated rings. The van der Waals surface area contributed by atoms with Gasteiger partial charge in [-0.1, -0.05) is 53.7 Å². The molecule has 3 aromatic carbocycles. The van der Waals surface area contributed by atoms with Gasteiger partial charge in [-0.25, -0.2) is 0 Å². The van der Waals surface area contributed by atoms with Crippen LogP contribution in [-0.2, 0) is 28.9 Å². The third-order valence-electron chi connectivity index (χ3n) is 7.42. The van der Waals surface area contributed by atoms with Gasteiger partial charge in [-0.2, -0.15) is 0 Å². The van der Waals surface area contributed by atoms with Crippen LogP contribution in [0.5, 0.6) is 11.5 Å². The largest absolute Gasteiger partial charge is 0.490 e. The molecule has 1 saturated heterocycles. The van der Waals surface area contributed by atoms with Gasteiger partial charge in [0.1, 0.15) is 11.9 Å². The zero-order chi connectivity index (χ0) is 28.6. The lowest BCUT2D eigenvalue weighted by Crippen LogP contribution is -2.42. The van der Waals surface area contributed by atoms with E-state index in [4.69, 9.17) is 25.5 Å². The van der Waals surface area contributed by atoms with Crippen molar-refractivity contribution >= 4 is 17.8 Å². The average Bonchev–Trinajstić information content (AvgIpc) is 2.99. The Bertz CT molecular complexity index is 1370. The summed E-state index contributed by atoms with van der Waals surface area (Å²) in [6.07, 6.45) is 2.89. The molecule has 0 atom stereocenters. The van der Waals surface area contributed by atoms with Crippen molar-refractivity contribution in [1.82, 2.24) is 9.80 Å². The molecule has 0 saturated carbocycles. The summed E-state index contributed by atoms with van der Waals surface area (Å²) in [5.41, 5.74) is 9.97. The quantitative estimate of drug-likeness (QED) is 0.184. The third-order valence-corrected chi connectivity index (χ3v) is 7.42. The van der Waals surface area contributed by atoms with Crippen LogP contribution in [0.1, 0.15) is 42.0 Å². The Morgan fingerprint density at radius 2 is 1.68 bits per heavy atom. The highest BCUT2D eigenvalue weighted by Crippen LogP contribution is 2.25. The summed E-state index contributed by atoms with van der Waals surface area (Å²) in [7, 11) is 0. The summed E-state index contributed by atoms with van der Waals surface area (Å²) in [6.45, 7) is 5.09. The summed E-state index contributed by atoms with van der Waals surface area (Å²) < 4.78 is 11.3. The summed E-state index contributed by atoms with van der Waals surface area (Å²) in [6, 6.07) is 23.8. The zero-order valence-corrected chi connectivity index (χ0v) is 23.4. The molecule has 41 heavy (non-hydrogen) atoms. The first-order chi connectivity index (χ1) is 20.0. The van der Waals surface area contributed by atoms with Crippen molar-refractivity contribution in [2.45, 2.75) is 45.3 Å². The van der Waals surface area contributed by atoms with Crippen molar-refractivity contribution < 1.29 is 19.1 Å². The van der Waals surface area contributed by atoms with Crippen molar-refractivity contribution in [2.75, 3.05) is 26.2 Å². The Hall–Kier alpha value is -4.53. The molecule has 9 heteroatoms. The van der Waals surface area contributed by atoms with Gasteiger partial charge in [-0.05, 0) is 54.3 Å². The first-order valence-corrected chi connectivity index (χ1v) is 14.2. The van der Waals surface area contributed by atoms with Gasteiger partial charge in [0.2, 0.25) is 0 Å². The highest BCUT2D eigenvalue weighted by atomic mass is 16.6. The number of fused-ring (bicyclic) bond motifs is 1. The standard InChI is InChI=1S/C32H37N5O4/c1-2-39-30(38)20-23-8-11-27(12-9-23)40-28-15-18-36(19-16-28)31(25-6-4-3-5-7-25)35-41-29-13-10-24-14-17-37(32(33)34)22-26(24)21-29/h3-13,21,28H,2,14-20,22H2,1H3,(H3,33,34). The smallest absolute Gasteiger partial charge is 0.310 e. The Morgan fingerprint density at radius 1 is 0.951 bits per heavy atom. The number of nitrogens with two attached hydrogens (primary N) is 1. The number of rotatable bonds is 8. The van der Waals surface area contributed by atoms with E-state index >= 15 is 0 Å². The van der Waals surface area contributed by atoms with E-state index in [2.05, 4.69) is 16.1 Å². The Morgan fingerprint density at radius 3 is 2.39 bits per heavy atom. The van der Waals surface area contributed by atoms with Crippen molar-refractivity contribution in [1.29, 1.82) is 5.41 Å². The van der Waals surface area contributed by atoms with Gasteiger partial charge in [0.15, 0.2) is 17.5 Å². The molecule has 0 amide bonds. The lowest BCUT2D eigenvalue weighted by molar-refractivity contribution is -0.142. The van der Waals surface area contributed by atoms with Gasteiger partial charge in [-0.15, -0.1) is 0 Å². The molecule has 5 rings (SSSR count). The number of hydrogen-bond donors (Lipinski definition) is 2. The van der Waals surface area contributed by atoms with Crippen LogP contribution in [0, 0.1) is 5.41 Å². The van der Waals surface area contributed by atoms with Crippen LogP contribution in [0.3, 0.4) is 0 Å². The molecule has 2 heterocycles. The number of amidine groups is 1. The van der Waals surface area contributed by atoms with Gasteiger partial charge in [0, 0.05) is 44.6 Å². The van der Waals surface area contributed by atoms with E-state index in [1.54, 1.807) is 0 Å². The number of benzene rings is 3. The lowest BCUT2D eigenvalue weighted by Gasteiger charge is -2.34. The summed E-state index contributed by atoms with van der Waals surface area (Å²) in [5, 5.41) is 12.4. The zero-order valence-electron chi connectivity index (χ0n) is 23.4. The van der Waals surface area contributed by atoms with Crippen LogP contribution in [0.4, 0.5) is 0 Å². The molecule has 9 nitrogen and oxygen atoms in total. The van der Waals surface area contributed by atoms with Gasteiger partial charge < -0.3 is 29.8 Å². The molecule has 3 aromatic rings. The molecule has 2 aliphatic rings. The molecule has 0 radical (unpaired) electrons. The maximum atomic E-state index is 11.7. The molecular weight excluding hydrogens is 518 g/mol. The van der Waals surface area contributed by atoms with Crippen molar-refractivity contribution in [3.05, 3.63) is 95.1 Å². The highest BCUT2D eigenvalue weighted by Gasteiger charge is 2.25. The molecule has 0 aromatic heterocycles. The molecule has 0 aliphatic carbocycles. The molecule has 2 aliphatic heterocycles. The van der Waals surface area contributed by atoms with E-state index in [-0.39, 0.29) is 24.5 Å².